The molecule has 0 aliphatic carbocycles. The van der Waals surface area contributed by atoms with Crippen LogP contribution in [0.2, 0.25) is 0 Å². The normalized spacial score (nSPS) is 10.8. The number of pyridine rings is 2. The van der Waals surface area contributed by atoms with Gasteiger partial charge in [0.25, 0.3) is 0 Å². The molecule has 3 heterocycles. The number of nitrogen functional groups attached to an aromatic ring is 2. The number of aryl methyl sites for hydroxylation is 2. The maximum Gasteiger partial charge on any atom is 0.133 e. The molecule has 4 aromatic rings. The van der Waals surface area contributed by atoms with E-state index in [1.54, 1.807) is 16.9 Å². The molecule has 0 saturated heterocycles. The molecule has 0 atom stereocenters. The standard InChI is InChI=1S/C18H15N7/c1-10-12(13-8-17(19)21-9-14(13)18(20)22-10)5-3-11-4-6-15-16(7-11)25(2)24-23-15/h4,6-9H,1-2H3,(H2,19,21)(H2,20,22). The molecule has 4 N–H and O–H groups in total. The monoisotopic (exact) mass is 329 g/mol. The molecule has 25 heavy (non-hydrogen) atoms. The second-order valence-electron chi connectivity index (χ2n) is 5.78. The Morgan fingerprint density at radius 2 is 1.92 bits per heavy atom. The fourth-order valence-electron chi connectivity index (χ4n) is 2.78. The molecule has 0 radical (unpaired) electrons. The van der Waals surface area contributed by atoms with Crippen molar-refractivity contribution in [2.75, 3.05) is 11.5 Å². The van der Waals surface area contributed by atoms with Crippen molar-refractivity contribution in [3.8, 4) is 11.8 Å². The summed E-state index contributed by atoms with van der Waals surface area (Å²) in [7, 11) is 1.85. The quantitative estimate of drug-likeness (QED) is 0.476. The summed E-state index contributed by atoms with van der Waals surface area (Å²) in [5, 5.41) is 9.68. The van der Waals surface area contributed by atoms with Gasteiger partial charge in [-0.05, 0) is 31.2 Å². The minimum absolute atomic E-state index is 0.419. The minimum Gasteiger partial charge on any atom is -0.384 e. The molecule has 0 unspecified atom stereocenters. The fraction of sp³-hybridized carbons (Fsp3) is 0.111. The second kappa shape index (κ2) is 5.46. The molecule has 122 valence electrons. The lowest BCUT2D eigenvalue weighted by Gasteiger charge is -2.07. The molecule has 1 aromatic carbocycles. The molecule has 0 saturated carbocycles. The van der Waals surface area contributed by atoms with Gasteiger partial charge in [0.2, 0.25) is 0 Å². The molecule has 0 aliphatic rings. The summed E-state index contributed by atoms with van der Waals surface area (Å²) in [6, 6.07) is 7.56. The Bertz CT molecular complexity index is 1190. The van der Waals surface area contributed by atoms with Gasteiger partial charge < -0.3 is 11.5 Å². The van der Waals surface area contributed by atoms with Crippen molar-refractivity contribution >= 4 is 33.4 Å². The Labute approximate surface area is 143 Å². The number of fused-ring (bicyclic) bond motifs is 2. The van der Waals surface area contributed by atoms with Gasteiger partial charge in [0.05, 0.1) is 16.8 Å². The number of benzene rings is 1. The van der Waals surface area contributed by atoms with Crippen LogP contribution in [0.25, 0.3) is 21.8 Å². The summed E-state index contributed by atoms with van der Waals surface area (Å²) in [5.41, 5.74) is 16.0. The molecule has 0 fully saturated rings. The number of aromatic nitrogens is 5. The van der Waals surface area contributed by atoms with Crippen LogP contribution in [0.15, 0.2) is 30.5 Å². The maximum absolute atomic E-state index is 5.99. The summed E-state index contributed by atoms with van der Waals surface area (Å²) in [4.78, 5) is 8.46. The number of nitrogens with two attached hydrogens (primary N) is 2. The second-order valence-corrected chi connectivity index (χ2v) is 5.78. The van der Waals surface area contributed by atoms with E-state index in [4.69, 9.17) is 11.5 Å². The van der Waals surface area contributed by atoms with Crippen LogP contribution < -0.4 is 11.5 Å². The van der Waals surface area contributed by atoms with E-state index in [2.05, 4.69) is 32.1 Å². The highest BCUT2D eigenvalue weighted by Gasteiger charge is 2.09. The summed E-state index contributed by atoms with van der Waals surface area (Å²) < 4.78 is 1.72. The van der Waals surface area contributed by atoms with Crippen molar-refractivity contribution in [3.63, 3.8) is 0 Å². The number of anilines is 2. The molecule has 3 aromatic heterocycles. The molecule has 0 spiro atoms. The molecule has 0 aliphatic heterocycles. The van der Waals surface area contributed by atoms with E-state index in [0.717, 1.165) is 38.6 Å². The van der Waals surface area contributed by atoms with Crippen molar-refractivity contribution in [2.45, 2.75) is 6.92 Å². The van der Waals surface area contributed by atoms with E-state index in [9.17, 15) is 0 Å². The minimum atomic E-state index is 0.419. The van der Waals surface area contributed by atoms with Crippen LogP contribution >= 0.6 is 0 Å². The average molecular weight is 329 g/mol. The van der Waals surface area contributed by atoms with Gasteiger partial charge in [-0.25, -0.2) is 14.6 Å². The van der Waals surface area contributed by atoms with Gasteiger partial charge in [0.1, 0.15) is 17.2 Å². The maximum atomic E-state index is 5.99. The van der Waals surface area contributed by atoms with Crippen LogP contribution in [0.5, 0.6) is 0 Å². The zero-order valence-corrected chi connectivity index (χ0v) is 13.8. The first-order valence-corrected chi connectivity index (χ1v) is 7.65. The highest BCUT2D eigenvalue weighted by atomic mass is 15.4. The molecule has 4 rings (SSSR count). The number of hydrogen-bond acceptors (Lipinski definition) is 6. The lowest BCUT2D eigenvalue weighted by Crippen LogP contribution is -2.00. The van der Waals surface area contributed by atoms with Crippen LogP contribution in [-0.4, -0.2) is 25.0 Å². The third-order valence-corrected chi connectivity index (χ3v) is 4.06. The number of rotatable bonds is 0. The van der Waals surface area contributed by atoms with Gasteiger partial charge in [-0.2, -0.15) is 0 Å². The summed E-state index contributed by atoms with van der Waals surface area (Å²) in [6.07, 6.45) is 1.63. The van der Waals surface area contributed by atoms with E-state index >= 15 is 0 Å². The van der Waals surface area contributed by atoms with Crippen LogP contribution in [0.3, 0.4) is 0 Å². The Hall–Kier alpha value is -3.66. The summed E-state index contributed by atoms with van der Waals surface area (Å²) in [5.74, 6) is 7.23. The van der Waals surface area contributed by atoms with E-state index in [0.29, 0.717) is 11.6 Å². The average Bonchev–Trinajstić information content (AvgIpc) is 2.95. The first-order chi connectivity index (χ1) is 12.0. The Balaban J connectivity index is 1.89. The highest BCUT2D eigenvalue weighted by molar-refractivity contribution is 5.96. The van der Waals surface area contributed by atoms with Crippen LogP contribution in [0, 0.1) is 18.8 Å². The van der Waals surface area contributed by atoms with Gasteiger partial charge in [-0.3, -0.25) is 0 Å². The zero-order chi connectivity index (χ0) is 17.6. The van der Waals surface area contributed by atoms with Gasteiger partial charge in [0.15, 0.2) is 0 Å². The molecular formula is C18H15N7. The number of nitrogens with zero attached hydrogens (tertiary/aromatic N) is 5. The molecular weight excluding hydrogens is 314 g/mol. The van der Waals surface area contributed by atoms with Gasteiger partial charge in [-0.15, -0.1) is 5.10 Å². The Morgan fingerprint density at radius 3 is 2.76 bits per heavy atom. The van der Waals surface area contributed by atoms with Crippen molar-refractivity contribution in [3.05, 3.63) is 47.3 Å². The smallest absolute Gasteiger partial charge is 0.133 e. The molecule has 0 bridgehead atoms. The largest absolute Gasteiger partial charge is 0.384 e. The third-order valence-electron chi connectivity index (χ3n) is 4.06. The van der Waals surface area contributed by atoms with Gasteiger partial charge in [0, 0.05) is 29.6 Å². The topological polar surface area (TPSA) is 109 Å². The molecule has 7 heteroatoms. The zero-order valence-electron chi connectivity index (χ0n) is 13.8. The fourth-order valence-corrected chi connectivity index (χ4v) is 2.78. The SMILES string of the molecule is Cc1nc(N)c2cnc(N)cc2c1C#Cc1ccc2nnn(C)c2c1. The third kappa shape index (κ3) is 2.50. The predicted octanol–water partition coefficient (Wildman–Crippen LogP) is 1.78. The summed E-state index contributed by atoms with van der Waals surface area (Å²) in [6.45, 7) is 1.88. The lowest BCUT2D eigenvalue weighted by atomic mass is 10.1. The Morgan fingerprint density at radius 1 is 1.08 bits per heavy atom. The van der Waals surface area contributed by atoms with E-state index in [-0.39, 0.29) is 0 Å². The first kappa shape index (κ1) is 14.9. The van der Waals surface area contributed by atoms with Crippen molar-refractivity contribution in [2.24, 2.45) is 7.05 Å². The van der Waals surface area contributed by atoms with Crippen molar-refractivity contribution in [1.82, 2.24) is 25.0 Å². The van der Waals surface area contributed by atoms with Crippen LogP contribution in [0.4, 0.5) is 11.6 Å². The summed E-state index contributed by atoms with van der Waals surface area (Å²) >= 11 is 0. The van der Waals surface area contributed by atoms with Crippen LogP contribution in [0.1, 0.15) is 16.8 Å². The van der Waals surface area contributed by atoms with Gasteiger partial charge >= 0.3 is 0 Å². The molecule has 0 amide bonds. The van der Waals surface area contributed by atoms with Gasteiger partial charge in [-0.1, -0.05) is 17.1 Å². The first-order valence-electron chi connectivity index (χ1n) is 7.65. The highest BCUT2D eigenvalue weighted by Crippen LogP contribution is 2.25. The number of hydrogen-bond donors (Lipinski definition) is 2. The lowest BCUT2D eigenvalue weighted by molar-refractivity contribution is 0.736. The van der Waals surface area contributed by atoms with Crippen molar-refractivity contribution < 1.29 is 0 Å². The van der Waals surface area contributed by atoms with E-state index in [1.165, 1.54) is 0 Å². The van der Waals surface area contributed by atoms with Crippen molar-refractivity contribution in [1.29, 1.82) is 0 Å². The Kier molecular flexibility index (Phi) is 3.25. The predicted molar refractivity (Wildman–Crippen MR) is 97.6 cm³/mol. The van der Waals surface area contributed by atoms with E-state index in [1.807, 2.05) is 32.2 Å². The van der Waals surface area contributed by atoms with Crippen LogP contribution in [-0.2, 0) is 7.05 Å². The van der Waals surface area contributed by atoms with E-state index < -0.39 is 0 Å². The molecule has 7 nitrogen and oxygen atoms in total.